The van der Waals surface area contributed by atoms with E-state index >= 15 is 0 Å². The number of nitrogens with zero attached hydrogens (tertiary/aromatic N) is 1. The number of alkyl halides is 3. The second-order valence-electron chi connectivity index (χ2n) is 4.85. The molecule has 0 saturated carbocycles. The van der Waals surface area contributed by atoms with Gasteiger partial charge in [0, 0.05) is 18.8 Å². The average Bonchev–Trinajstić information content (AvgIpc) is 2.53. The van der Waals surface area contributed by atoms with Crippen LogP contribution in [-0.4, -0.2) is 16.9 Å². The Morgan fingerprint density at radius 1 is 1.21 bits per heavy atom. The molecule has 0 saturated heterocycles. The molecular weight excluding hydrogens is 325 g/mol. The molecule has 0 radical (unpaired) electrons. The average molecular weight is 338 g/mol. The Labute approximate surface area is 135 Å². The van der Waals surface area contributed by atoms with Crippen LogP contribution in [0.15, 0.2) is 42.6 Å². The summed E-state index contributed by atoms with van der Waals surface area (Å²) in [5, 5.41) is 2.38. The lowest BCUT2D eigenvalue weighted by Gasteiger charge is -2.10. The van der Waals surface area contributed by atoms with Gasteiger partial charge in [-0.05, 0) is 30.3 Å². The number of aromatic nitrogens is 1. The van der Waals surface area contributed by atoms with Crippen molar-refractivity contribution in [3.8, 4) is 0 Å². The molecule has 2 aromatic rings. The van der Waals surface area contributed by atoms with Crippen molar-refractivity contribution in [2.45, 2.75) is 19.7 Å². The Kier molecular flexibility index (Phi) is 5.18. The summed E-state index contributed by atoms with van der Waals surface area (Å²) in [4.78, 5) is 26.7. The molecule has 24 heavy (non-hydrogen) atoms. The minimum atomic E-state index is -4.49. The van der Waals surface area contributed by atoms with Gasteiger partial charge in [-0.1, -0.05) is 6.07 Å². The van der Waals surface area contributed by atoms with Crippen molar-refractivity contribution in [3.63, 3.8) is 0 Å². The first-order valence-corrected chi connectivity index (χ1v) is 6.82. The molecule has 126 valence electrons. The first-order valence-electron chi connectivity index (χ1n) is 6.82. The number of halogens is 3. The van der Waals surface area contributed by atoms with Crippen LogP contribution in [0.25, 0.3) is 0 Å². The van der Waals surface area contributed by atoms with Crippen LogP contribution in [0.4, 0.5) is 18.9 Å². The number of nitrogens with one attached hydrogen (secondary N) is 1. The van der Waals surface area contributed by atoms with E-state index in [1.165, 1.54) is 37.4 Å². The summed E-state index contributed by atoms with van der Waals surface area (Å²) in [6, 6.07) is 7.26. The second kappa shape index (κ2) is 7.12. The number of hydrogen-bond acceptors (Lipinski definition) is 4. The Morgan fingerprint density at radius 2 is 1.96 bits per heavy atom. The molecule has 0 fully saturated rings. The lowest BCUT2D eigenvalue weighted by Crippen LogP contribution is -2.13. The third-order valence-corrected chi connectivity index (χ3v) is 2.96. The van der Waals surface area contributed by atoms with Gasteiger partial charge in [0.25, 0.3) is 5.91 Å². The number of anilines is 1. The first kappa shape index (κ1) is 17.5. The number of esters is 1. The summed E-state index contributed by atoms with van der Waals surface area (Å²) >= 11 is 0. The third kappa shape index (κ3) is 4.80. The molecule has 0 aliphatic carbocycles. The van der Waals surface area contributed by atoms with Crippen LogP contribution >= 0.6 is 0 Å². The first-order chi connectivity index (χ1) is 11.3. The van der Waals surface area contributed by atoms with Crippen molar-refractivity contribution >= 4 is 17.6 Å². The number of amides is 1. The van der Waals surface area contributed by atoms with Gasteiger partial charge in [-0.25, -0.2) is 0 Å². The van der Waals surface area contributed by atoms with Gasteiger partial charge in [0.2, 0.25) is 0 Å². The minimum Gasteiger partial charge on any atom is -0.459 e. The molecule has 5 nitrogen and oxygen atoms in total. The van der Waals surface area contributed by atoms with Crippen LogP contribution < -0.4 is 5.32 Å². The molecule has 0 aliphatic heterocycles. The summed E-state index contributed by atoms with van der Waals surface area (Å²) < 4.78 is 42.7. The summed E-state index contributed by atoms with van der Waals surface area (Å²) in [6.07, 6.45) is -3.23. The van der Waals surface area contributed by atoms with Crippen molar-refractivity contribution in [3.05, 3.63) is 59.4 Å². The van der Waals surface area contributed by atoms with Gasteiger partial charge >= 0.3 is 12.1 Å². The monoisotopic (exact) mass is 338 g/mol. The van der Waals surface area contributed by atoms with Gasteiger partial charge < -0.3 is 10.1 Å². The Balaban J connectivity index is 2.06. The fourth-order valence-electron chi connectivity index (χ4n) is 1.80. The van der Waals surface area contributed by atoms with E-state index in [2.05, 4.69) is 10.3 Å². The highest BCUT2D eigenvalue weighted by Gasteiger charge is 2.30. The molecule has 1 amide bonds. The number of rotatable bonds is 4. The number of benzene rings is 1. The summed E-state index contributed by atoms with van der Waals surface area (Å²) in [5.41, 5.74) is -0.214. The van der Waals surface area contributed by atoms with E-state index in [9.17, 15) is 22.8 Å². The molecule has 1 aromatic carbocycles. The molecule has 8 heteroatoms. The van der Waals surface area contributed by atoms with Crippen LogP contribution in [0.5, 0.6) is 0 Å². The summed E-state index contributed by atoms with van der Waals surface area (Å²) in [6.45, 7) is 1.24. The molecule has 2 rings (SSSR count). The molecular formula is C16H13F3N2O3. The van der Waals surface area contributed by atoms with E-state index in [-0.39, 0.29) is 17.9 Å². The molecule has 0 atom stereocenters. The predicted octanol–water partition coefficient (Wildman–Crippen LogP) is 3.42. The van der Waals surface area contributed by atoms with E-state index in [1.807, 2.05) is 0 Å². The van der Waals surface area contributed by atoms with Crippen LogP contribution in [0.1, 0.15) is 28.5 Å². The SMILES string of the molecule is CC(=O)OCc1ccc(C(=O)Nc2cccc(C(F)(F)F)c2)cn1. The highest BCUT2D eigenvalue weighted by Crippen LogP contribution is 2.30. The van der Waals surface area contributed by atoms with E-state index < -0.39 is 23.6 Å². The third-order valence-electron chi connectivity index (χ3n) is 2.96. The molecule has 0 unspecified atom stereocenters. The molecule has 1 heterocycles. The van der Waals surface area contributed by atoms with Gasteiger partial charge in [-0.2, -0.15) is 13.2 Å². The maximum absolute atomic E-state index is 12.6. The Bertz CT molecular complexity index is 743. The van der Waals surface area contributed by atoms with Gasteiger partial charge in [-0.15, -0.1) is 0 Å². The topological polar surface area (TPSA) is 68.3 Å². The number of carbonyl (C=O) groups excluding carboxylic acids is 2. The largest absolute Gasteiger partial charge is 0.459 e. The summed E-state index contributed by atoms with van der Waals surface area (Å²) in [5.74, 6) is -1.05. The quantitative estimate of drug-likeness (QED) is 0.868. The number of ether oxygens (including phenoxy) is 1. The van der Waals surface area contributed by atoms with Gasteiger partial charge in [-0.3, -0.25) is 14.6 Å². The van der Waals surface area contributed by atoms with Crippen molar-refractivity contribution < 1.29 is 27.5 Å². The highest BCUT2D eigenvalue weighted by atomic mass is 19.4. The Morgan fingerprint density at radius 3 is 2.54 bits per heavy atom. The maximum Gasteiger partial charge on any atom is 0.416 e. The maximum atomic E-state index is 12.6. The van der Waals surface area contributed by atoms with Crippen molar-refractivity contribution in [2.75, 3.05) is 5.32 Å². The standard InChI is InChI=1S/C16H13F3N2O3/c1-10(22)24-9-14-6-5-11(8-20-14)15(23)21-13-4-2-3-12(7-13)16(17,18)19/h2-8H,9H2,1H3,(H,21,23). The van der Waals surface area contributed by atoms with Crippen molar-refractivity contribution in [1.82, 2.24) is 4.98 Å². The van der Waals surface area contributed by atoms with E-state index in [0.717, 1.165) is 12.1 Å². The zero-order chi connectivity index (χ0) is 17.7. The smallest absolute Gasteiger partial charge is 0.416 e. The van der Waals surface area contributed by atoms with E-state index in [4.69, 9.17) is 4.74 Å². The van der Waals surface area contributed by atoms with Crippen LogP contribution in [-0.2, 0) is 22.3 Å². The highest BCUT2D eigenvalue weighted by molar-refractivity contribution is 6.04. The van der Waals surface area contributed by atoms with Crippen LogP contribution in [0.2, 0.25) is 0 Å². The number of carbonyl (C=O) groups is 2. The minimum absolute atomic E-state index is 0.0230. The summed E-state index contributed by atoms with van der Waals surface area (Å²) in [7, 11) is 0. The normalized spacial score (nSPS) is 11.0. The van der Waals surface area contributed by atoms with Gasteiger partial charge in [0.15, 0.2) is 0 Å². The van der Waals surface area contributed by atoms with E-state index in [0.29, 0.717) is 5.69 Å². The molecule has 0 bridgehead atoms. The molecule has 0 aliphatic rings. The second-order valence-corrected chi connectivity index (χ2v) is 4.85. The predicted molar refractivity (Wildman–Crippen MR) is 79.1 cm³/mol. The Hall–Kier alpha value is -2.90. The zero-order valence-corrected chi connectivity index (χ0v) is 12.6. The number of pyridine rings is 1. The van der Waals surface area contributed by atoms with Crippen LogP contribution in [0, 0.1) is 0 Å². The lowest BCUT2D eigenvalue weighted by molar-refractivity contribution is -0.142. The lowest BCUT2D eigenvalue weighted by atomic mass is 10.2. The number of hydrogen-bond donors (Lipinski definition) is 1. The molecule has 1 N–H and O–H groups in total. The van der Waals surface area contributed by atoms with Gasteiger partial charge in [0.05, 0.1) is 16.8 Å². The fraction of sp³-hybridized carbons (Fsp3) is 0.188. The zero-order valence-electron chi connectivity index (χ0n) is 12.6. The van der Waals surface area contributed by atoms with Crippen molar-refractivity contribution in [1.29, 1.82) is 0 Å². The molecule has 1 aromatic heterocycles. The fourth-order valence-corrected chi connectivity index (χ4v) is 1.80. The van der Waals surface area contributed by atoms with E-state index in [1.54, 1.807) is 0 Å². The van der Waals surface area contributed by atoms with Crippen LogP contribution in [0.3, 0.4) is 0 Å². The molecule has 0 spiro atoms. The van der Waals surface area contributed by atoms with Gasteiger partial charge in [0.1, 0.15) is 6.61 Å². The van der Waals surface area contributed by atoms with Crippen molar-refractivity contribution in [2.24, 2.45) is 0 Å².